The Balaban J connectivity index is 1.86. The smallest absolute Gasteiger partial charge is 0.156 e. The molecule has 2 aliphatic rings. The average Bonchev–Trinajstić information content (AvgIpc) is 2.66. The molecule has 21 heavy (non-hydrogen) atoms. The molecule has 2 aromatic rings. The van der Waals surface area contributed by atoms with Crippen LogP contribution in [0.1, 0.15) is 31.2 Å². The van der Waals surface area contributed by atoms with Crippen LogP contribution in [0.3, 0.4) is 0 Å². The van der Waals surface area contributed by atoms with Crippen LogP contribution in [0.25, 0.3) is 10.8 Å². The number of benzene rings is 1. The number of hydrogen-bond acceptors (Lipinski definition) is 4. The van der Waals surface area contributed by atoms with Gasteiger partial charge in [-0.2, -0.15) is 0 Å². The Hall–Kier alpha value is -1.46. The van der Waals surface area contributed by atoms with Crippen LogP contribution in [0.4, 0.5) is 0 Å². The van der Waals surface area contributed by atoms with Crippen molar-refractivity contribution in [2.75, 3.05) is 0 Å². The quantitative estimate of drug-likeness (QED) is 0.876. The molecule has 2 bridgehead atoms. The molecule has 2 fully saturated rings. The van der Waals surface area contributed by atoms with Gasteiger partial charge in [0.1, 0.15) is 0 Å². The van der Waals surface area contributed by atoms with Gasteiger partial charge in [-0.05, 0) is 42.7 Å². The summed E-state index contributed by atoms with van der Waals surface area (Å²) in [4.78, 5) is 4.11. The largest absolute Gasteiger partial charge is 0.385 e. The standard InChI is InChI=1S/C16H17NO3S/c18-16(8-12-4-5-13(9-16)21(12,19)20)15-3-1-2-11-10-17-7-6-14(11)15/h1-3,6-7,10,12-13,18H,4-5,8-9H2. The second-order valence-corrected chi connectivity index (χ2v) is 8.76. The van der Waals surface area contributed by atoms with Crippen molar-refractivity contribution < 1.29 is 13.5 Å². The van der Waals surface area contributed by atoms with Gasteiger partial charge in [0.05, 0.1) is 16.1 Å². The van der Waals surface area contributed by atoms with Crippen LogP contribution in [0.5, 0.6) is 0 Å². The molecule has 1 aromatic carbocycles. The van der Waals surface area contributed by atoms with E-state index < -0.39 is 25.9 Å². The van der Waals surface area contributed by atoms with Crippen molar-refractivity contribution in [3.05, 3.63) is 42.2 Å². The van der Waals surface area contributed by atoms with E-state index in [-0.39, 0.29) is 0 Å². The highest BCUT2D eigenvalue weighted by atomic mass is 32.2. The Morgan fingerprint density at radius 3 is 2.57 bits per heavy atom. The van der Waals surface area contributed by atoms with E-state index in [1.54, 1.807) is 12.4 Å². The van der Waals surface area contributed by atoms with Gasteiger partial charge in [0, 0.05) is 17.8 Å². The van der Waals surface area contributed by atoms with Crippen LogP contribution in [0.15, 0.2) is 36.7 Å². The van der Waals surface area contributed by atoms with E-state index in [9.17, 15) is 13.5 Å². The van der Waals surface area contributed by atoms with Crippen molar-refractivity contribution in [1.82, 2.24) is 4.98 Å². The summed E-state index contributed by atoms with van der Waals surface area (Å²) < 4.78 is 24.5. The number of sulfone groups is 1. The predicted octanol–water partition coefficient (Wildman–Crippen LogP) is 2.16. The van der Waals surface area contributed by atoms with Crippen molar-refractivity contribution in [2.45, 2.75) is 41.8 Å². The highest BCUT2D eigenvalue weighted by Crippen LogP contribution is 2.48. The summed E-state index contributed by atoms with van der Waals surface area (Å²) in [5.41, 5.74) is -0.202. The molecule has 3 heterocycles. The van der Waals surface area contributed by atoms with Gasteiger partial charge in [-0.25, -0.2) is 8.42 Å². The first-order chi connectivity index (χ1) is 10.0. The molecule has 4 nitrogen and oxygen atoms in total. The molecule has 2 unspecified atom stereocenters. The molecule has 110 valence electrons. The third kappa shape index (κ3) is 1.84. The van der Waals surface area contributed by atoms with E-state index in [0.717, 1.165) is 16.3 Å². The van der Waals surface area contributed by atoms with Gasteiger partial charge in [-0.3, -0.25) is 4.98 Å². The second kappa shape index (κ2) is 4.27. The fourth-order valence-corrected chi connectivity index (χ4v) is 6.48. The van der Waals surface area contributed by atoms with Gasteiger partial charge in [-0.1, -0.05) is 18.2 Å². The van der Waals surface area contributed by atoms with Gasteiger partial charge >= 0.3 is 0 Å². The van der Waals surface area contributed by atoms with Crippen molar-refractivity contribution in [1.29, 1.82) is 0 Å². The molecule has 0 amide bonds. The molecular weight excluding hydrogens is 286 g/mol. The van der Waals surface area contributed by atoms with Gasteiger partial charge in [0.15, 0.2) is 9.84 Å². The van der Waals surface area contributed by atoms with Gasteiger partial charge in [0.2, 0.25) is 0 Å². The van der Waals surface area contributed by atoms with Crippen molar-refractivity contribution in [2.24, 2.45) is 0 Å². The van der Waals surface area contributed by atoms with Crippen LogP contribution in [-0.4, -0.2) is 29.0 Å². The molecule has 1 N–H and O–H groups in total. The number of rotatable bonds is 1. The summed E-state index contributed by atoms with van der Waals surface area (Å²) >= 11 is 0. The van der Waals surface area contributed by atoms with Gasteiger partial charge in [-0.15, -0.1) is 0 Å². The second-order valence-electron chi connectivity index (χ2n) is 6.25. The predicted molar refractivity (Wildman–Crippen MR) is 80.6 cm³/mol. The fourth-order valence-electron chi connectivity index (χ4n) is 3.99. The number of nitrogens with zero attached hydrogens (tertiary/aromatic N) is 1. The Morgan fingerprint density at radius 1 is 1.14 bits per heavy atom. The topological polar surface area (TPSA) is 67.3 Å². The van der Waals surface area contributed by atoms with E-state index >= 15 is 0 Å². The van der Waals surface area contributed by atoms with E-state index in [1.807, 2.05) is 24.3 Å². The van der Waals surface area contributed by atoms with E-state index in [2.05, 4.69) is 4.98 Å². The number of aliphatic hydroxyl groups is 1. The minimum absolute atomic E-state index is 0.313. The number of aromatic nitrogens is 1. The first kappa shape index (κ1) is 13.2. The monoisotopic (exact) mass is 303 g/mol. The molecule has 4 rings (SSSR count). The van der Waals surface area contributed by atoms with Crippen molar-refractivity contribution >= 4 is 20.6 Å². The van der Waals surface area contributed by atoms with Gasteiger partial charge in [0.25, 0.3) is 0 Å². The average molecular weight is 303 g/mol. The van der Waals surface area contributed by atoms with E-state index in [4.69, 9.17) is 0 Å². The van der Waals surface area contributed by atoms with E-state index in [1.165, 1.54) is 0 Å². The van der Waals surface area contributed by atoms with Crippen LogP contribution in [0.2, 0.25) is 0 Å². The third-order valence-electron chi connectivity index (χ3n) is 5.05. The lowest BCUT2D eigenvalue weighted by molar-refractivity contribution is 0.0188. The SMILES string of the molecule is O=S1(=O)C2CCC1CC(O)(c1cccc3cnccc13)C2. The Bertz CT molecular complexity index is 790. The molecule has 2 aliphatic heterocycles. The van der Waals surface area contributed by atoms with E-state index in [0.29, 0.717) is 25.7 Å². The van der Waals surface area contributed by atoms with Crippen LogP contribution in [-0.2, 0) is 15.4 Å². The maximum Gasteiger partial charge on any atom is 0.156 e. The summed E-state index contributed by atoms with van der Waals surface area (Å²) in [7, 11) is -3.03. The Labute approximate surface area is 123 Å². The first-order valence-electron chi connectivity index (χ1n) is 7.29. The van der Waals surface area contributed by atoms with Crippen molar-refractivity contribution in [3.8, 4) is 0 Å². The summed E-state index contributed by atoms with van der Waals surface area (Å²) in [6.07, 6.45) is 5.48. The summed E-state index contributed by atoms with van der Waals surface area (Å²) in [5, 5.41) is 12.3. The molecule has 0 aliphatic carbocycles. The molecule has 0 saturated carbocycles. The lowest BCUT2D eigenvalue weighted by Gasteiger charge is -2.37. The normalized spacial score (nSPS) is 34.1. The van der Waals surface area contributed by atoms with Crippen LogP contribution < -0.4 is 0 Å². The number of pyridine rings is 1. The van der Waals surface area contributed by atoms with Crippen LogP contribution >= 0.6 is 0 Å². The molecule has 2 saturated heterocycles. The lowest BCUT2D eigenvalue weighted by Crippen LogP contribution is -2.43. The summed E-state index contributed by atoms with van der Waals surface area (Å²) in [5.74, 6) is 0. The molecule has 1 aromatic heterocycles. The third-order valence-corrected chi connectivity index (χ3v) is 7.72. The maximum atomic E-state index is 12.2. The molecule has 0 radical (unpaired) electrons. The molecule has 0 spiro atoms. The summed E-state index contributed by atoms with van der Waals surface area (Å²) in [6.45, 7) is 0. The Morgan fingerprint density at radius 2 is 1.86 bits per heavy atom. The molecule has 2 atom stereocenters. The summed E-state index contributed by atoms with van der Waals surface area (Å²) in [6, 6.07) is 7.68. The minimum Gasteiger partial charge on any atom is -0.385 e. The Kier molecular flexibility index (Phi) is 2.69. The first-order valence-corrected chi connectivity index (χ1v) is 8.90. The minimum atomic E-state index is -3.03. The highest BCUT2D eigenvalue weighted by molar-refractivity contribution is 7.93. The molecular formula is C16H17NO3S. The highest BCUT2D eigenvalue weighted by Gasteiger charge is 2.53. The number of hydrogen-bond donors (Lipinski definition) is 1. The zero-order chi connectivity index (χ0) is 14.7. The van der Waals surface area contributed by atoms with Crippen molar-refractivity contribution in [3.63, 3.8) is 0 Å². The van der Waals surface area contributed by atoms with Gasteiger partial charge < -0.3 is 5.11 Å². The fraction of sp³-hybridized carbons (Fsp3) is 0.438. The van der Waals surface area contributed by atoms with Crippen LogP contribution in [0, 0.1) is 0 Å². The lowest BCUT2D eigenvalue weighted by atomic mass is 9.83. The zero-order valence-corrected chi connectivity index (χ0v) is 12.4. The molecule has 5 heteroatoms. The zero-order valence-electron chi connectivity index (χ0n) is 11.6. The number of fused-ring (bicyclic) bond motifs is 3. The maximum absolute atomic E-state index is 12.2.